The van der Waals surface area contributed by atoms with Gasteiger partial charge in [-0.2, -0.15) is 0 Å². The number of benzene rings is 1. The fraction of sp³-hybridized carbons (Fsp3) is 0.556. The minimum Gasteiger partial charge on any atom is -0.492 e. The minimum atomic E-state index is 0.0113. The van der Waals surface area contributed by atoms with Crippen molar-refractivity contribution in [3.63, 3.8) is 0 Å². The standard InChI is InChI=1S/C18H26O/c1-9-13-11-14(17(3,4)5)12-15(18(6,7)8)16(13)19-10-2/h1,11-12H,10H2,2-8H3. The first kappa shape index (κ1) is 15.6. The van der Waals surface area contributed by atoms with E-state index in [0.29, 0.717) is 6.61 Å². The fourth-order valence-corrected chi connectivity index (χ4v) is 2.03. The Morgan fingerprint density at radius 2 is 1.63 bits per heavy atom. The second kappa shape index (κ2) is 5.29. The van der Waals surface area contributed by atoms with Crippen LogP contribution in [0.15, 0.2) is 12.1 Å². The summed E-state index contributed by atoms with van der Waals surface area (Å²) >= 11 is 0. The number of ether oxygens (including phenoxy) is 1. The van der Waals surface area contributed by atoms with E-state index in [1.165, 1.54) is 11.1 Å². The molecule has 0 fully saturated rings. The molecule has 0 aromatic heterocycles. The minimum absolute atomic E-state index is 0.0113. The van der Waals surface area contributed by atoms with E-state index in [0.717, 1.165) is 11.3 Å². The van der Waals surface area contributed by atoms with Crippen molar-refractivity contribution in [3.8, 4) is 18.1 Å². The van der Waals surface area contributed by atoms with Gasteiger partial charge in [-0.1, -0.05) is 53.5 Å². The molecule has 0 bridgehead atoms. The van der Waals surface area contributed by atoms with Crippen LogP contribution in [-0.2, 0) is 10.8 Å². The highest BCUT2D eigenvalue weighted by Crippen LogP contribution is 2.38. The molecule has 1 aromatic rings. The lowest BCUT2D eigenvalue weighted by Crippen LogP contribution is -2.18. The zero-order valence-electron chi connectivity index (χ0n) is 13.3. The van der Waals surface area contributed by atoms with E-state index in [1.54, 1.807) is 0 Å². The van der Waals surface area contributed by atoms with Crippen LogP contribution in [0.4, 0.5) is 0 Å². The Hall–Kier alpha value is -1.42. The van der Waals surface area contributed by atoms with Gasteiger partial charge in [0.1, 0.15) is 5.75 Å². The Morgan fingerprint density at radius 3 is 2.00 bits per heavy atom. The molecule has 0 amide bonds. The molecule has 0 aliphatic rings. The number of hydrogen-bond donors (Lipinski definition) is 0. The molecule has 1 heteroatoms. The van der Waals surface area contributed by atoms with Gasteiger partial charge < -0.3 is 4.74 Å². The second-order valence-corrected chi connectivity index (χ2v) is 6.98. The molecule has 1 rings (SSSR count). The molecule has 0 unspecified atom stereocenters. The summed E-state index contributed by atoms with van der Waals surface area (Å²) in [5, 5.41) is 0. The molecule has 0 spiro atoms. The van der Waals surface area contributed by atoms with Gasteiger partial charge in [0.2, 0.25) is 0 Å². The largest absolute Gasteiger partial charge is 0.492 e. The number of terminal acetylenes is 1. The van der Waals surface area contributed by atoms with Crippen LogP contribution in [0, 0.1) is 12.3 Å². The molecule has 0 radical (unpaired) electrons. The summed E-state index contributed by atoms with van der Waals surface area (Å²) in [6.07, 6.45) is 5.68. The lowest BCUT2D eigenvalue weighted by molar-refractivity contribution is 0.328. The molecule has 0 saturated heterocycles. The zero-order chi connectivity index (χ0) is 14.8. The smallest absolute Gasteiger partial charge is 0.138 e. The quantitative estimate of drug-likeness (QED) is 0.701. The van der Waals surface area contributed by atoms with Crippen LogP contribution < -0.4 is 4.74 Å². The average molecular weight is 258 g/mol. The molecule has 0 N–H and O–H groups in total. The van der Waals surface area contributed by atoms with Crippen LogP contribution in [-0.4, -0.2) is 6.61 Å². The van der Waals surface area contributed by atoms with Crippen molar-refractivity contribution in [1.82, 2.24) is 0 Å². The van der Waals surface area contributed by atoms with Crippen LogP contribution >= 0.6 is 0 Å². The third-order valence-corrected chi connectivity index (χ3v) is 3.21. The Bertz CT molecular complexity index is 490. The van der Waals surface area contributed by atoms with Crippen molar-refractivity contribution in [1.29, 1.82) is 0 Å². The van der Waals surface area contributed by atoms with Gasteiger partial charge in [-0.3, -0.25) is 0 Å². The SMILES string of the molecule is C#Cc1cc(C(C)(C)C)cc(C(C)(C)C)c1OCC. The first-order chi connectivity index (χ1) is 8.61. The average Bonchev–Trinajstić information content (AvgIpc) is 2.26. The molecule has 0 heterocycles. The Morgan fingerprint density at radius 1 is 1.05 bits per heavy atom. The summed E-state index contributed by atoms with van der Waals surface area (Å²) in [7, 11) is 0. The van der Waals surface area contributed by atoms with Gasteiger partial charge >= 0.3 is 0 Å². The number of hydrogen-bond acceptors (Lipinski definition) is 1. The first-order valence-electron chi connectivity index (χ1n) is 6.89. The van der Waals surface area contributed by atoms with Gasteiger partial charge in [0.25, 0.3) is 0 Å². The Labute approximate surface area is 118 Å². The summed E-state index contributed by atoms with van der Waals surface area (Å²) < 4.78 is 5.81. The number of rotatable bonds is 2. The van der Waals surface area contributed by atoms with E-state index in [2.05, 4.69) is 59.6 Å². The van der Waals surface area contributed by atoms with Crippen LogP contribution in [0.2, 0.25) is 0 Å². The van der Waals surface area contributed by atoms with E-state index in [-0.39, 0.29) is 10.8 Å². The molecule has 0 atom stereocenters. The van der Waals surface area contributed by atoms with Crippen LogP contribution in [0.5, 0.6) is 5.75 Å². The van der Waals surface area contributed by atoms with Crippen molar-refractivity contribution in [2.75, 3.05) is 6.61 Å². The summed E-state index contributed by atoms with van der Waals surface area (Å²) in [5.41, 5.74) is 3.40. The molecule has 0 aliphatic heterocycles. The van der Waals surface area contributed by atoms with Crippen molar-refractivity contribution in [3.05, 3.63) is 28.8 Å². The van der Waals surface area contributed by atoms with Gasteiger partial charge in [0.15, 0.2) is 0 Å². The fourth-order valence-electron chi connectivity index (χ4n) is 2.03. The molecule has 1 aromatic carbocycles. The predicted octanol–water partition coefficient (Wildman–Crippen LogP) is 4.66. The van der Waals surface area contributed by atoms with E-state index in [4.69, 9.17) is 11.2 Å². The van der Waals surface area contributed by atoms with E-state index >= 15 is 0 Å². The van der Waals surface area contributed by atoms with Gasteiger partial charge in [-0.25, -0.2) is 0 Å². The zero-order valence-corrected chi connectivity index (χ0v) is 13.3. The summed E-state index contributed by atoms with van der Waals surface area (Å²) in [4.78, 5) is 0. The Balaban J connectivity index is 3.61. The third kappa shape index (κ3) is 3.53. The second-order valence-electron chi connectivity index (χ2n) is 6.98. The van der Waals surface area contributed by atoms with Crippen molar-refractivity contribution < 1.29 is 4.74 Å². The lowest BCUT2D eigenvalue weighted by atomic mass is 9.79. The third-order valence-electron chi connectivity index (χ3n) is 3.21. The van der Waals surface area contributed by atoms with Gasteiger partial charge in [0.05, 0.1) is 12.2 Å². The van der Waals surface area contributed by atoms with E-state index < -0.39 is 0 Å². The first-order valence-corrected chi connectivity index (χ1v) is 6.89. The summed E-state index contributed by atoms with van der Waals surface area (Å²) in [6, 6.07) is 4.33. The highest BCUT2D eigenvalue weighted by Gasteiger charge is 2.25. The maximum Gasteiger partial charge on any atom is 0.138 e. The topological polar surface area (TPSA) is 9.23 Å². The van der Waals surface area contributed by atoms with Crippen LogP contribution in [0.3, 0.4) is 0 Å². The normalized spacial score (nSPS) is 12.1. The summed E-state index contributed by atoms with van der Waals surface area (Å²) in [5.74, 6) is 3.65. The lowest BCUT2D eigenvalue weighted by Gasteiger charge is -2.28. The van der Waals surface area contributed by atoms with Crippen molar-refractivity contribution in [2.24, 2.45) is 0 Å². The molecular weight excluding hydrogens is 232 g/mol. The predicted molar refractivity (Wildman–Crippen MR) is 82.9 cm³/mol. The maximum atomic E-state index is 5.81. The molecule has 104 valence electrons. The monoisotopic (exact) mass is 258 g/mol. The van der Waals surface area contributed by atoms with Gasteiger partial charge in [-0.05, 0) is 29.4 Å². The van der Waals surface area contributed by atoms with Crippen molar-refractivity contribution in [2.45, 2.75) is 59.3 Å². The molecule has 0 saturated carbocycles. The Kier molecular flexibility index (Phi) is 4.35. The van der Waals surface area contributed by atoms with Crippen molar-refractivity contribution >= 4 is 0 Å². The van der Waals surface area contributed by atoms with E-state index in [9.17, 15) is 0 Å². The highest BCUT2D eigenvalue weighted by atomic mass is 16.5. The molecule has 19 heavy (non-hydrogen) atoms. The molecular formula is C18H26O. The molecule has 1 nitrogen and oxygen atoms in total. The highest BCUT2D eigenvalue weighted by molar-refractivity contribution is 5.55. The van der Waals surface area contributed by atoms with Crippen LogP contribution in [0.1, 0.15) is 65.2 Å². The van der Waals surface area contributed by atoms with Gasteiger partial charge in [0, 0.05) is 5.56 Å². The van der Waals surface area contributed by atoms with Gasteiger partial charge in [-0.15, -0.1) is 6.42 Å². The van der Waals surface area contributed by atoms with E-state index in [1.807, 2.05) is 6.92 Å². The molecule has 0 aliphatic carbocycles. The van der Waals surface area contributed by atoms with Crippen LogP contribution in [0.25, 0.3) is 0 Å². The maximum absolute atomic E-state index is 5.81. The summed E-state index contributed by atoms with van der Waals surface area (Å²) in [6.45, 7) is 15.8.